The zero-order valence-corrected chi connectivity index (χ0v) is 10.2. The molecule has 2 aromatic heterocycles. The van der Waals surface area contributed by atoms with Crippen LogP contribution in [-0.4, -0.2) is 20.6 Å². The van der Waals surface area contributed by atoms with Crippen molar-refractivity contribution in [3.63, 3.8) is 0 Å². The van der Waals surface area contributed by atoms with Gasteiger partial charge in [0.05, 0.1) is 18.3 Å². The van der Waals surface area contributed by atoms with E-state index in [0.717, 1.165) is 36.9 Å². The normalized spacial score (nSPS) is 15.6. The molecule has 1 saturated carbocycles. The lowest BCUT2D eigenvalue weighted by Crippen LogP contribution is -2.19. The largest absolute Gasteiger partial charge is 0.327 e. The SMILES string of the molecule is CCCn1c(CNC2CC2)nc2cnccc21. The van der Waals surface area contributed by atoms with Crippen molar-refractivity contribution in [2.45, 2.75) is 45.3 Å². The van der Waals surface area contributed by atoms with Crippen LogP contribution in [-0.2, 0) is 13.1 Å². The fourth-order valence-electron chi connectivity index (χ4n) is 2.16. The summed E-state index contributed by atoms with van der Waals surface area (Å²) < 4.78 is 2.31. The molecule has 0 saturated heterocycles. The minimum absolute atomic E-state index is 0.725. The molecular formula is C13H18N4. The topological polar surface area (TPSA) is 42.7 Å². The number of imidazole rings is 1. The summed E-state index contributed by atoms with van der Waals surface area (Å²) in [7, 11) is 0. The Bertz CT molecular complexity index is 513. The average molecular weight is 230 g/mol. The van der Waals surface area contributed by atoms with Crippen molar-refractivity contribution in [2.75, 3.05) is 0 Å². The summed E-state index contributed by atoms with van der Waals surface area (Å²) in [5.74, 6) is 1.14. The third kappa shape index (κ3) is 2.17. The van der Waals surface area contributed by atoms with E-state index in [-0.39, 0.29) is 0 Å². The van der Waals surface area contributed by atoms with Gasteiger partial charge in [-0.2, -0.15) is 0 Å². The maximum Gasteiger partial charge on any atom is 0.123 e. The van der Waals surface area contributed by atoms with Gasteiger partial charge in [0.25, 0.3) is 0 Å². The molecule has 1 aliphatic rings. The quantitative estimate of drug-likeness (QED) is 0.855. The highest BCUT2D eigenvalue weighted by Crippen LogP contribution is 2.20. The Hall–Kier alpha value is -1.42. The van der Waals surface area contributed by atoms with Gasteiger partial charge in [-0.25, -0.2) is 4.98 Å². The third-order valence-corrected chi connectivity index (χ3v) is 3.20. The van der Waals surface area contributed by atoms with Crippen LogP contribution in [0.2, 0.25) is 0 Å². The van der Waals surface area contributed by atoms with Gasteiger partial charge in [0.15, 0.2) is 0 Å². The van der Waals surface area contributed by atoms with Crippen LogP contribution >= 0.6 is 0 Å². The van der Waals surface area contributed by atoms with Crippen LogP contribution in [0, 0.1) is 0 Å². The van der Waals surface area contributed by atoms with Gasteiger partial charge >= 0.3 is 0 Å². The van der Waals surface area contributed by atoms with Gasteiger partial charge in [-0.1, -0.05) is 6.92 Å². The van der Waals surface area contributed by atoms with Crippen molar-refractivity contribution >= 4 is 11.0 Å². The van der Waals surface area contributed by atoms with Gasteiger partial charge in [-0.3, -0.25) is 4.98 Å². The van der Waals surface area contributed by atoms with E-state index in [1.807, 2.05) is 12.4 Å². The second-order valence-corrected chi connectivity index (χ2v) is 4.70. The smallest absolute Gasteiger partial charge is 0.123 e. The Morgan fingerprint density at radius 2 is 2.35 bits per heavy atom. The van der Waals surface area contributed by atoms with Crippen molar-refractivity contribution in [3.05, 3.63) is 24.3 Å². The van der Waals surface area contributed by atoms with Gasteiger partial charge in [-0.05, 0) is 25.3 Å². The highest BCUT2D eigenvalue weighted by molar-refractivity contribution is 5.74. The molecule has 0 aromatic carbocycles. The molecule has 3 rings (SSSR count). The minimum Gasteiger partial charge on any atom is -0.327 e. The lowest BCUT2D eigenvalue weighted by Gasteiger charge is -2.08. The number of aryl methyl sites for hydroxylation is 1. The Morgan fingerprint density at radius 3 is 3.12 bits per heavy atom. The molecule has 0 atom stereocenters. The van der Waals surface area contributed by atoms with Crippen LogP contribution in [0.3, 0.4) is 0 Å². The number of nitrogens with one attached hydrogen (secondary N) is 1. The number of pyridine rings is 1. The summed E-state index contributed by atoms with van der Waals surface area (Å²) in [5.41, 5.74) is 2.21. The molecule has 1 N–H and O–H groups in total. The van der Waals surface area contributed by atoms with Crippen LogP contribution in [0.25, 0.3) is 11.0 Å². The Labute approximate surface area is 101 Å². The zero-order chi connectivity index (χ0) is 11.7. The monoisotopic (exact) mass is 230 g/mol. The summed E-state index contributed by atoms with van der Waals surface area (Å²) in [6.07, 6.45) is 7.45. The molecule has 2 heterocycles. The fraction of sp³-hybridized carbons (Fsp3) is 0.538. The number of fused-ring (bicyclic) bond motifs is 1. The predicted octanol–water partition coefficient (Wildman–Crippen LogP) is 2.09. The summed E-state index contributed by atoms with van der Waals surface area (Å²) >= 11 is 0. The summed E-state index contributed by atoms with van der Waals surface area (Å²) in [6.45, 7) is 4.10. The highest BCUT2D eigenvalue weighted by Gasteiger charge is 2.21. The van der Waals surface area contributed by atoms with Gasteiger partial charge in [0.2, 0.25) is 0 Å². The molecule has 17 heavy (non-hydrogen) atoms. The van der Waals surface area contributed by atoms with Crippen molar-refractivity contribution < 1.29 is 0 Å². The van der Waals surface area contributed by atoms with Gasteiger partial charge in [0, 0.05) is 18.8 Å². The first kappa shape index (κ1) is 10.7. The number of hydrogen-bond donors (Lipinski definition) is 1. The lowest BCUT2D eigenvalue weighted by molar-refractivity contribution is 0.596. The van der Waals surface area contributed by atoms with Gasteiger partial charge in [0.1, 0.15) is 11.3 Å². The van der Waals surface area contributed by atoms with Crippen molar-refractivity contribution in [3.8, 4) is 0 Å². The molecule has 0 bridgehead atoms. The molecular weight excluding hydrogens is 212 g/mol. The lowest BCUT2D eigenvalue weighted by atomic mass is 10.4. The Morgan fingerprint density at radius 1 is 1.47 bits per heavy atom. The van der Waals surface area contributed by atoms with E-state index in [0.29, 0.717) is 0 Å². The van der Waals surface area contributed by atoms with Crippen molar-refractivity contribution in [2.24, 2.45) is 0 Å². The first-order chi connectivity index (χ1) is 8.38. The molecule has 0 amide bonds. The van der Waals surface area contributed by atoms with E-state index in [1.165, 1.54) is 18.4 Å². The van der Waals surface area contributed by atoms with E-state index in [9.17, 15) is 0 Å². The molecule has 1 aliphatic carbocycles. The highest BCUT2D eigenvalue weighted by atomic mass is 15.1. The average Bonchev–Trinajstić information content (AvgIpc) is 3.11. The van der Waals surface area contributed by atoms with E-state index in [1.54, 1.807) is 0 Å². The summed E-state index contributed by atoms with van der Waals surface area (Å²) in [6, 6.07) is 2.78. The molecule has 2 aromatic rings. The predicted molar refractivity (Wildman–Crippen MR) is 67.7 cm³/mol. The van der Waals surface area contributed by atoms with Crippen LogP contribution in [0.5, 0.6) is 0 Å². The fourth-order valence-corrected chi connectivity index (χ4v) is 2.16. The second-order valence-electron chi connectivity index (χ2n) is 4.70. The van der Waals surface area contributed by atoms with Crippen molar-refractivity contribution in [1.29, 1.82) is 0 Å². The third-order valence-electron chi connectivity index (χ3n) is 3.20. The maximum atomic E-state index is 4.67. The number of nitrogens with zero attached hydrogens (tertiary/aromatic N) is 3. The number of hydrogen-bond acceptors (Lipinski definition) is 3. The van der Waals surface area contributed by atoms with Crippen LogP contribution in [0.1, 0.15) is 32.0 Å². The molecule has 0 unspecified atom stereocenters. The minimum atomic E-state index is 0.725. The van der Waals surface area contributed by atoms with Gasteiger partial charge in [-0.15, -0.1) is 0 Å². The molecule has 0 aliphatic heterocycles. The number of rotatable bonds is 5. The molecule has 0 radical (unpaired) electrons. The Balaban J connectivity index is 1.92. The van der Waals surface area contributed by atoms with Crippen LogP contribution in [0.4, 0.5) is 0 Å². The summed E-state index contributed by atoms with van der Waals surface area (Å²) in [5, 5.41) is 3.53. The van der Waals surface area contributed by atoms with Crippen molar-refractivity contribution in [1.82, 2.24) is 19.9 Å². The van der Waals surface area contributed by atoms with E-state index >= 15 is 0 Å². The molecule has 4 heteroatoms. The maximum absolute atomic E-state index is 4.67. The molecule has 4 nitrogen and oxygen atoms in total. The summed E-state index contributed by atoms with van der Waals surface area (Å²) in [4.78, 5) is 8.81. The van der Waals surface area contributed by atoms with Gasteiger partial charge < -0.3 is 9.88 Å². The van der Waals surface area contributed by atoms with Crippen LogP contribution in [0.15, 0.2) is 18.5 Å². The molecule has 0 spiro atoms. The molecule has 90 valence electrons. The van der Waals surface area contributed by atoms with E-state index < -0.39 is 0 Å². The standard InChI is InChI=1S/C13H18N4/c1-2-7-17-12-5-6-14-8-11(12)16-13(17)9-15-10-3-4-10/h5-6,8,10,15H,2-4,7,9H2,1H3. The Kier molecular flexibility index (Phi) is 2.81. The number of aromatic nitrogens is 3. The molecule has 1 fully saturated rings. The first-order valence-electron chi connectivity index (χ1n) is 6.41. The second kappa shape index (κ2) is 4.45. The van der Waals surface area contributed by atoms with Crippen LogP contribution < -0.4 is 5.32 Å². The van der Waals surface area contributed by atoms with E-state index in [2.05, 4.69) is 32.8 Å². The van der Waals surface area contributed by atoms with E-state index in [4.69, 9.17) is 0 Å². The zero-order valence-electron chi connectivity index (χ0n) is 10.2. The first-order valence-corrected chi connectivity index (χ1v) is 6.41.